The molecule has 31 heavy (non-hydrogen) atoms. The Hall–Kier alpha value is -3.16. The highest BCUT2D eigenvalue weighted by atomic mass is 32.2. The van der Waals surface area contributed by atoms with E-state index in [0.29, 0.717) is 34.0 Å². The minimum Gasteiger partial charge on any atom is -0.587 e. The van der Waals surface area contributed by atoms with Crippen LogP contribution in [0.5, 0.6) is 0 Å². The zero-order chi connectivity index (χ0) is 21.4. The van der Waals surface area contributed by atoms with Gasteiger partial charge >= 0.3 is 0 Å². The largest absolute Gasteiger partial charge is 0.587 e. The summed E-state index contributed by atoms with van der Waals surface area (Å²) in [6.45, 7) is 0.704. The van der Waals surface area contributed by atoms with E-state index in [1.165, 1.54) is 19.0 Å². The van der Waals surface area contributed by atoms with Crippen molar-refractivity contribution in [3.8, 4) is 11.1 Å². The van der Waals surface area contributed by atoms with E-state index in [1.54, 1.807) is 46.6 Å². The van der Waals surface area contributed by atoms with E-state index in [-0.39, 0.29) is 5.91 Å². The van der Waals surface area contributed by atoms with Crippen molar-refractivity contribution in [3.63, 3.8) is 0 Å². The van der Waals surface area contributed by atoms with Gasteiger partial charge in [0.05, 0.1) is 11.7 Å². The number of nitrogens with one attached hydrogen (secondary N) is 1. The molecule has 7 heteroatoms. The molecule has 0 aliphatic heterocycles. The standard InChI is InChI=1S/C24H20FN3O2S/c25-23-20(5-3-13-26-23)21-15-28(22-6-2-1-4-19(21)22)31(30)18-11-9-17(10-12-18)24(29)27-14-16-7-8-16/h1-6,9-13,15-16H,7-8,14H2,(H,27,29). The molecule has 5 rings (SSSR count). The molecule has 2 aromatic carbocycles. The van der Waals surface area contributed by atoms with Crippen molar-refractivity contribution in [3.05, 3.63) is 84.6 Å². The van der Waals surface area contributed by atoms with Gasteiger partial charge in [-0.05, 0) is 61.2 Å². The summed E-state index contributed by atoms with van der Waals surface area (Å²) in [5.41, 5.74) is 2.25. The topological polar surface area (TPSA) is 70.0 Å². The fraction of sp³-hybridized carbons (Fsp3) is 0.167. The van der Waals surface area contributed by atoms with Gasteiger partial charge in [-0.1, -0.05) is 18.2 Å². The lowest BCUT2D eigenvalue weighted by Crippen LogP contribution is -2.25. The quantitative estimate of drug-likeness (QED) is 0.358. The minimum atomic E-state index is -1.56. The van der Waals surface area contributed by atoms with Crippen molar-refractivity contribution >= 4 is 28.2 Å². The van der Waals surface area contributed by atoms with Crippen LogP contribution in [0.1, 0.15) is 23.2 Å². The third-order valence-corrected chi connectivity index (χ3v) is 6.81. The SMILES string of the molecule is O=C(NCC1CC1)c1ccc([S+]([O-])n2cc(-c3cccnc3F)c3ccccc32)cc1. The van der Waals surface area contributed by atoms with Crippen LogP contribution in [0.4, 0.5) is 4.39 Å². The number of aromatic nitrogens is 2. The first-order valence-corrected chi connectivity index (χ1v) is 11.2. The molecular formula is C24H20FN3O2S. The van der Waals surface area contributed by atoms with E-state index in [2.05, 4.69) is 10.3 Å². The number of amides is 1. The highest BCUT2D eigenvalue weighted by Crippen LogP contribution is 2.34. The molecule has 0 bridgehead atoms. The number of hydrogen-bond acceptors (Lipinski definition) is 3. The van der Waals surface area contributed by atoms with Gasteiger partial charge in [-0.2, -0.15) is 8.36 Å². The molecule has 1 aliphatic carbocycles. The third-order valence-electron chi connectivity index (χ3n) is 5.47. The van der Waals surface area contributed by atoms with E-state index in [4.69, 9.17) is 0 Å². The van der Waals surface area contributed by atoms with Crippen LogP contribution < -0.4 is 5.32 Å². The Morgan fingerprint density at radius 1 is 1.10 bits per heavy atom. The molecule has 5 nitrogen and oxygen atoms in total. The van der Waals surface area contributed by atoms with Gasteiger partial charge in [0.2, 0.25) is 5.95 Å². The second-order valence-electron chi connectivity index (χ2n) is 7.65. The summed E-state index contributed by atoms with van der Waals surface area (Å²) in [7, 11) is 0. The van der Waals surface area contributed by atoms with Gasteiger partial charge in [-0.3, -0.25) is 4.79 Å². The number of hydrogen-bond donors (Lipinski definition) is 1. The lowest BCUT2D eigenvalue weighted by Gasteiger charge is -2.12. The maximum Gasteiger partial charge on any atom is 0.251 e. The van der Waals surface area contributed by atoms with Gasteiger partial charge in [0.25, 0.3) is 5.91 Å². The van der Waals surface area contributed by atoms with E-state index in [9.17, 15) is 13.7 Å². The van der Waals surface area contributed by atoms with Gasteiger partial charge in [0.1, 0.15) is 11.4 Å². The molecule has 2 aromatic heterocycles. The summed E-state index contributed by atoms with van der Waals surface area (Å²) in [6, 6.07) is 17.5. The molecule has 1 atom stereocenters. The Morgan fingerprint density at radius 3 is 2.61 bits per heavy atom. The molecular weight excluding hydrogens is 413 g/mol. The van der Waals surface area contributed by atoms with Crippen LogP contribution in [0.25, 0.3) is 22.0 Å². The minimum absolute atomic E-state index is 0.120. The fourth-order valence-corrected chi connectivity index (χ4v) is 4.72. The smallest absolute Gasteiger partial charge is 0.251 e. The number of fused-ring (bicyclic) bond motifs is 1. The number of para-hydroxylation sites is 1. The lowest BCUT2D eigenvalue weighted by molar-refractivity contribution is 0.0951. The Labute approximate surface area is 182 Å². The van der Waals surface area contributed by atoms with Crippen molar-refractivity contribution in [1.29, 1.82) is 0 Å². The van der Waals surface area contributed by atoms with Crippen LogP contribution in [-0.2, 0) is 11.4 Å². The molecule has 2 heterocycles. The van der Waals surface area contributed by atoms with Crippen LogP contribution in [0, 0.1) is 11.9 Å². The van der Waals surface area contributed by atoms with Crippen LogP contribution in [0.15, 0.2) is 78.0 Å². The monoisotopic (exact) mass is 433 g/mol. The predicted molar refractivity (Wildman–Crippen MR) is 118 cm³/mol. The van der Waals surface area contributed by atoms with Crippen molar-refractivity contribution in [2.75, 3.05) is 6.54 Å². The molecule has 0 radical (unpaired) electrons. The highest BCUT2D eigenvalue weighted by molar-refractivity contribution is 7.90. The normalized spacial score (nSPS) is 14.5. The summed E-state index contributed by atoms with van der Waals surface area (Å²) in [6.07, 6.45) is 5.44. The average Bonchev–Trinajstić information content (AvgIpc) is 3.56. The number of carbonyl (C=O) groups excluding carboxylic acids is 1. The zero-order valence-corrected chi connectivity index (χ0v) is 17.4. The number of benzene rings is 2. The number of carbonyl (C=O) groups is 1. The van der Waals surface area contributed by atoms with Gasteiger partial charge < -0.3 is 9.87 Å². The summed E-state index contributed by atoms with van der Waals surface area (Å²) >= 11 is -1.56. The Balaban J connectivity index is 1.46. The second kappa shape index (κ2) is 8.17. The first kappa shape index (κ1) is 19.8. The van der Waals surface area contributed by atoms with Crippen LogP contribution in [0.2, 0.25) is 0 Å². The van der Waals surface area contributed by atoms with Crippen LogP contribution in [0.3, 0.4) is 0 Å². The maximum absolute atomic E-state index is 14.3. The molecule has 0 saturated heterocycles. The number of pyridine rings is 1. The predicted octanol–water partition coefficient (Wildman–Crippen LogP) is 4.55. The van der Waals surface area contributed by atoms with Crippen LogP contribution in [-0.4, -0.2) is 26.0 Å². The lowest BCUT2D eigenvalue weighted by atomic mass is 10.1. The Morgan fingerprint density at radius 2 is 1.87 bits per heavy atom. The molecule has 1 aliphatic rings. The number of halogens is 1. The van der Waals surface area contributed by atoms with Gasteiger partial charge in [-0.15, -0.1) is 0 Å². The summed E-state index contributed by atoms with van der Waals surface area (Å²) in [5, 5.41) is 3.72. The molecule has 1 saturated carbocycles. The average molecular weight is 434 g/mol. The molecule has 1 fully saturated rings. The molecule has 1 unspecified atom stereocenters. The summed E-state index contributed by atoms with van der Waals surface area (Å²) in [5.74, 6) is -0.0840. The van der Waals surface area contributed by atoms with E-state index in [0.717, 1.165) is 10.9 Å². The first-order valence-electron chi connectivity index (χ1n) is 10.1. The summed E-state index contributed by atoms with van der Waals surface area (Å²) < 4.78 is 29.3. The van der Waals surface area contributed by atoms with Crippen molar-refractivity contribution in [1.82, 2.24) is 14.3 Å². The van der Waals surface area contributed by atoms with E-state index >= 15 is 0 Å². The Kier molecular flexibility index (Phi) is 5.21. The van der Waals surface area contributed by atoms with E-state index < -0.39 is 17.3 Å². The molecule has 1 N–H and O–H groups in total. The van der Waals surface area contributed by atoms with Crippen molar-refractivity contribution in [2.24, 2.45) is 5.92 Å². The number of rotatable bonds is 6. The van der Waals surface area contributed by atoms with Gasteiger partial charge in [0, 0.05) is 34.8 Å². The number of nitrogens with zero attached hydrogens (tertiary/aromatic N) is 2. The third kappa shape index (κ3) is 3.94. The van der Waals surface area contributed by atoms with E-state index in [1.807, 2.05) is 24.3 Å². The van der Waals surface area contributed by atoms with Gasteiger partial charge in [0.15, 0.2) is 4.90 Å². The maximum atomic E-state index is 14.3. The zero-order valence-electron chi connectivity index (χ0n) is 16.6. The molecule has 0 spiro atoms. The summed E-state index contributed by atoms with van der Waals surface area (Å²) in [4.78, 5) is 16.6. The van der Waals surface area contributed by atoms with Crippen LogP contribution >= 0.6 is 0 Å². The van der Waals surface area contributed by atoms with Gasteiger partial charge in [-0.25, -0.2) is 4.98 Å². The van der Waals surface area contributed by atoms with Crippen molar-refractivity contribution in [2.45, 2.75) is 17.7 Å². The highest BCUT2D eigenvalue weighted by Gasteiger charge is 2.23. The Bertz CT molecular complexity index is 1250. The molecule has 156 valence electrons. The fourth-order valence-electron chi connectivity index (χ4n) is 3.59. The molecule has 1 amide bonds. The second-order valence-corrected chi connectivity index (χ2v) is 9.02. The van der Waals surface area contributed by atoms with Crippen molar-refractivity contribution < 1.29 is 13.7 Å². The first-order chi connectivity index (χ1) is 15.1. The molecule has 4 aromatic rings.